The number of rotatable bonds is 7. The van der Waals surface area contributed by atoms with Crippen LogP contribution in [-0.4, -0.2) is 29.2 Å². The minimum absolute atomic E-state index is 0.0107. The average molecular weight is 466 g/mol. The molecule has 4 rings (SSSR count). The maximum Gasteiger partial charge on any atom is 0.416 e. The van der Waals surface area contributed by atoms with Gasteiger partial charge < -0.3 is 15.2 Å². The molecule has 1 heterocycles. The summed E-state index contributed by atoms with van der Waals surface area (Å²) in [6.45, 7) is 0.337. The van der Waals surface area contributed by atoms with Crippen molar-refractivity contribution in [1.82, 2.24) is 4.98 Å². The van der Waals surface area contributed by atoms with Crippen molar-refractivity contribution >= 4 is 22.5 Å². The summed E-state index contributed by atoms with van der Waals surface area (Å²) in [5.74, 6) is 0.121. The van der Waals surface area contributed by atoms with Gasteiger partial charge >= 0.3 is 6.18 Å². The summed E-state index contributed by atoms with van der Waals surface area (Å²) >= 11 is 0. The summed E-state index contributed by atoms with van der Waals surface area (Å²) < 4.78 is 44.9. The van der Waals surface area contributed by atoms with Crippen molar-refractivity contribution in [1.29, 1.82) is 0 Å². The van der Waals surface area contributed by atoms with E-state index in [9.17, 15) is 18.0 Å². The fraction of sp³-hybridized carbons (Fsp3) is 0.154. The number of fused-ring (bicyclic) bond motifs is 1. The van der Waals surface area contributed by atoms with Crippen LogP contribution in [0.3, 0.4) is 0 Å². The van der Waals surface area contributed by atoms with Gasteiger partial charge in [0.2, 0.25) is 0 Å². The molecule has 0 saturated heterocycles. The number of nitrogens with zero attached hydrogens (tertiary/aromatic N) is 1. The highest BCUT2D eigenvalue weighted by molar-refractivity contribution is 6.08. The smallest absolute Gasteiger partial charge is 0.416 e. The Morgan fingerprint density at radius 2 is 1.76 bits per heavy atom. The van der Waals surface area contributed by atoms with E-state index in [-0.39, 0.29) is 12.5 Å². The summed E-state index contributed by atoms with van der Waals surface area (Å²) in [5, 5.41) is 12.4. The van der Waals surface area contributed by atoms with E-state index in [4.69, 9.17) is 9.84 Å². The zero-order chi connectivity index (χ0) is 24.1. The second kappa shape index (κ2) is 9.93. The summed E-state index contributed by atoms with van der Waals surface area (Å²) in [6, 6.07) is 20.3. The monoisotopic (exact) mass is 466 g/mol. The molecule has 34 heavy (non-hydrogen) atoms. The number of nitrogens with one attached hydrogen (secondary N) is 1. The van der Waals surface area contributed by atoms with Crippen LogP contribution in [0.5, 0.6) is 5.75 Å². The summed E-state index contributed by atoms with van der Waals surface area (Å²) in [7, 11) is 0. The predicted octanol–water partition coefficient (Wildman–Crippen LogP) is 5.93. The lowest BCUT2D eigenvalue weighted by Gasteiger charge is -2.12. The molecule has 4 aromatic rings. The standard InChI is InChI=1S/C26H21F3N2O3/c27-26(28,29)20-8-1-6-18(15-20)22-12-11-17-5-3-10-23(24(17)30-22)31-25(33)19-7-2-9-21(16-19)34-14-4-13-32/h1-3,5-12,15-16,32H,4,13-14H2,(H,31,33). The van der Waals surface area contributed by atoms with Crippen LogP contribution in [0, 0.1) is 0 Å². The summed E-state index contributed by atoms with van der Waals surface area (Å²) in [4.78, 5) is 17.4. The molecule has 1 amide bonds. The van der Waals surface area contributed by atoms with Gasteiger partial charge in [0.1, 0.15) is 5.75 Å². The zero-order valence-corrected chi connectivity index (χ0v) is 18.0. The molecular formula is C26H21F3N2O3. The number of amides is 1. The molecule has 5 nitrogen and oxygen atoms in total. The van der Waals surface area contributed by atoms with Crippen LogP contribution in [0.25, 0.3) is 22.2 Å². The molecule has 0 fully saturated rings. The molecule has 3 aromatic carbocycles. The molecule has 0 aliphatic rings. The van der Waals surface area contributed by atoms with Gasteiger partial charge in [-0.2, -0.15) is 13.2 Å². The molecule has 0 atom stereocenters. The van der Waals surface area contributed by atoms with E-state index in [0.717, 1.165) is 17.5 Å². The second-order valence-corrected chi connectivity index (χ2v) is 7.56. The Hall–Kier alpha value is -3.91. The fourth-order valence-corrected chi connectivity index (χ4v) is 3.44. The molecule has 0 saturated carbocycles. The van der Waals surface area contributed by atoms with Crippen LogP contribution in [0.2, 0.25) is 0 Å². The van der Waals surface area contributed by atoms with Crippen molar-refractivity contribution in [3.63, 3.8) is 0 Å². The first-order valence-electron chi connectivity index (χ1n) is 10.6. The first kappa shape index (κ1) is 23.3. The SMILES string of the molecule is O=C(Nc1cccc2ccc(-c3cccc(C(F)(F)F)c3)nc12)c1cccc(OCCCO)c1. The number of benzene rings is 3. The number of hydrogen-bond acceptors (Lipinski definition) is 4. The van der Waals surface area contributed by atoms with Crippen LogP contribution in [0.4, 0.5) is 18.9 Å². The first-order valence-corrected chi connectivity index (χ1v) is 10.6. The Morgan fingerprint density at radius 3 is 2.56 bits per heavy atom. The van der Waals surface area contributed by atoms with Gasteiger partial charge in [0.05, 0.1) is 29.1 Å². The third-order valence-electron chi connectivity index (χ3n) is 5.12. The van der Waals surface area contributed by atoms with Crippen LogP contribution in [-0.2, 0) is 6.18 Å². The number of ether oxygens (including phenoxy) is 1. The number of aromatic nitrogens is 1. The van der Waals surface area contributed by atoms with Crippen molar-refractivity contribution in [2.24, 2.45) is 0 Å². The number of carbonyl (C=O) groups excluding carboxylic acids is 1. The maximum absolute atomic E-state index is 13.1. The van der Waals surface area contributed by atoms with Crippen molar-refractivity contribution in [2.45, 2.75) is 12.6 Å². The van der Waals surface area contributed by atoms with E-state index < -0.39 is 11.7 Å². The van der Waals surface area contributed by atoms with Crippen molar-refractivity contribution in [3.05, 3.63) is 90.0 Å². The van der Waals surface area contributed by atoms with Crippen LogP contribution in [0.15, 0.2) is 78.9 Å². The Labute approximate surface area is 193 Å². The van der Waals surface area contributed by atoms with Gasteiger partial charge in [0.25, 0.3) is 5.91 Å². The molecule has 174 valence electrons. The molecular weight excluding hydrogens is 445 g/mol. The number of pyridine rings is 1. The number of carbonyl (C=O) groups is 1. The van der Waals surface area contributed by atoms with Crippen molar-refractivity contribution < 1.29 is 27.8 Å². The van der Waals surface area contributed by atoms with Gasteiger partial charge in [-0.05, 0) is 42.5 Å². The second-order valence-electron chi connectivity index (χ2n) is 7.56. The van der Waals surface area contributed by atoms with E-state index in [1.54, 1.807) is 54.6 Å². The van der Waals surface area contributed by atoms with E-state index >= 15 is 0 Å². The highest BCUT2D eigenvalue weighted by Crippen LogP contribution is 2.33. The number of aliphatic hydroxyl groups is 1. The van der Waals surface area contributed by atoms with Gasteiger partial charge in [-0.25, -0.2) is 4.98 Å². The van der Waals surface area contributed by atoms with Crippen LogP contribution >= 0.6 is 0 Å². The van der Waals surface area contributed by atoms with E-state index in [0.29, 0.717) is 46.8 Å². The Balaban J connectivity index is 1.63. The minimum atomic E-state index is -4.46. The van der Waals surface area contributed by atoms with E-state index in [1.165, 1.54) is 6.07 Å². The van der Waals surface area contributed by atoms with Crippen molar-refractivity contribution in [3.8, 4) is 17.0 Å². The molecule has 0 unspecified atom stereocenters. The van der Waals surface area contributed by atoms with Crippen LogP contribution in [0.1, 0.15) is 22.3 Å². The normalized spacial score (nSPS) is 11.4. The molecule has 1 aromatic heterocycles. The zero-order valence-electron chi connectivity index (χ0n) is 18.0. The highest BCUT2D eigenvalue weighted by Gasteiger charge is 2.30. The topological polar surface area (TPSA) is 71.5 Å². The largest absolute Gasteiger partial charge is 0.493 e. The van der Waals surface area contributed by atoms with E-state index in [2.05, 4.69) is 10.3 Å². The van der Waals surface area contributed by atoms with Gasteiger partial charge in [0.15, 0.2) is 0 Å². The molecule has 8 heteroatoms. The Morgan fingerprint density at radius 1 is 0.971 bits per heavy atom. The minimum Gasteiger partial charge on any atom is -0.493 e. The lowest BCUT2D eigenvalue weighted by atomic mass is 10.1. The molecule has 2 N–H and O–H groups in total. The molecule has 0 aliphatic carbocycles. The molecule has 0 spiro atoms. The third kappa shape index (κ3) is 5.35. The van der Waals surface area contributed by atoms with Crippen LogP contribution < -0.4 is 10.1 Å². The number of alkyl halides is 3. The molecule has 0 aliphatic heterocycles. The van der Waals surface area contributed by atoms with Gasteiger partial charge in [0, 0.05) is 29.5 Å². The number of para-hydroxylation sites is 1. The van der Waals surface area contributed by atoms with Gasteiger partial charge in [-0.15, -0.1) is 0 Å². The third-order valence-corrected chi connectivity index (χ3v) is 5.12. The number of hydrogen-bond donors (Lipinski definition) is 2. The number of halogens is 3. The average Bonchev–Trinajstić information content (AvgIpc) is 2.84. The quantitative estimate of drug-likeness (QED) is 0.331. The van der Waals surface area contributed by atoms with Gasteiger partial charge in [-0.1, -0.05) is 36.4 Å². The lowest BCUT2D eigenvalue weighted by molar-refractivity contribution is -0.137. The summed E-state index contributed by atoms with van der Waals surface area (Å²) in [5.41, 5.74) is 1.19. The molecule has 0 radical (unpaired) electrons. The predicted molar refractivity (Wildman–Crippen MR) is 124 cm³/mol. The highest BCUT2D eigenvalue weighted by atomic mass is 19.4. The Bertz CT molecular complexity index is 1320. The van der Waals surface area contributed by atoms with E-state index in [1.807, 2.05) is 6.07 Å². The fourth-order valence-electron chi connectivity index (χ4n) is 3.44. The van der Waals surface area contributed by atoms with Gasteiger partial charge in [-0.3, -0.25) is 4.79 Å². The Kier molecular flexibility index (Phi) is 6.79. The number of aliphatic hydroxyl groups excluding tert-OH is 1. The number of anilines is 1. The van der Waals surface area contributed by atoms with Crippen molar-refractivity contribution in [2.75, 3.05) is 18.5 Å². The summed E-state index contributed by atoms with van der Waals surface area (Å²) in [6.07, 6.45) is -3.98. The maximum atomic E-state index is 13.1. The molecule has 0 bridgehead atoms. The lowest BCUT2D eigenvalue weighted by Crippen LogP contribution is -2.12. The first-order chi connectivity index (χ1) is 16.3.